The summed E-state index contributed by atoms with van der Waals surface area (Å²) in [6, 6.07) is 6.84. The number of nitrogens with one attached hydrogen (secondary N) is 1. The summed E-state index contributed by atoms with van der Waals surface area (Å²) < 4.78 is 38.4. The van der Waals surface area contributed by atoms with Gasteiger partial charge in [0.25, 0.3) is 0 Å². The van der Waals surface area contributed by atoms with Crippen molar-refractivity contribution in [2.75, 3.05) is 0 Å². The van der Waals surface area contributed by atoms with Crippen molar-refractivity contribution in [1.29, 1.82) is 5.26 Å². The summed E-state index contributed by atoms with van der Waals surface area (Å²) in [6.45, 7) is 0. The number of hydrogen-bond donors (Lipinski definition) is 2. The first-order chi connectivity index (χ1) is 8.88. The summed E-state index contributed by atoms with van der Waals surface area (Å²) in [7, 11) is 0. The molecule has 2 N–H and O–H groups in total. The van der Waals surface area contributed by atoms with Crippen LogP contribution in [0, 0.1) is 11.3 Å². The monoisotopic (exact) mass is 270 g/mol. The molecule has 0 spiro atoms. The quantitative estimate of drug-likeness (QED) is 0.830. The van der Waals surface area contributed by atoms with Gasteiger partial charge in [0.2, 0.25) is 0 Å². The first-order valence-electron chi connectivity index (χ1n) is 5.91. The van der Waals surface area contributed by atoms with Crippen LogP contribution in [0.15, 0.2) is 24.3 Å². The van der Waals surface area contributed by atoms with Crippen molar-refractivity contribution in [1.82, 2.24) is 5.32 Å². The van der Waals surface area contributed by atoms with Crippen LogP contribution >= 0.6 is 0 Å². The number of aliphatic hydroxyl groups excluding tert-OH is 1. The van der Waals surface area contributed by atoms with Crippen LogP contribution in [0.25, 0.3) is 0 Å². The minimum Gasteiger partial charge on any atom is -0.374 e. The highest BCUT2D eigenvalue weighted by Gasteiger charge is 2.41. The van der Waals surface area contributed by atoms with E-state index < -0.39 is 23.5 Å². The molecule has 1 unspecified atom stereocenters. The third kappa shape index (κ3) is 2.72. The van der Waals surface area contributed by atoms with Crippen LogP contribution in [0.4, 0.5) is 13.2 Å². The maximum absolute atomic E-state index is 12.8. The Morgan fingerprint density at radius 2 is 1.95 bits per heavy atom. The van der Waals surface area contributed by atoms with Crippen molar-refractivity contribution in [3.05, 3.63) is 35.4 Å². The highest BCUT2D eigenvalue weighted by Crippen LogP contribution is 2.37. The summed E-state index contributed by atoms with van der Waals surface area (Å²) in [5, 5.41) is 21.6. The Kier molecular flexibility index (Phi) is 3.52. The van der Waals surface area contributed by atoms with Crippen LogP contribution in [0.5, 0.6) is 0 Å². The lowest BCUT2D eigenvalue weighted by molar-refractivity contribution is -0.139. The van der Waals surface area contributed by atoms with Gasteiger partial charge in [-0.25, -0.2) is 0 Å². The zero-order valence-electron chi connectivity index (χ0n) is 10.0. The molecule has 2 rings (SSSR count). The standard InChI is InChI=1S/C13H13F3N2O/c14-13(15,16)10-5-2-1-4-9(10)11(19)18-12(8-17)6-3-7-12/h1-2,4-5,11,18-19H,3,6-7H2. The molecule has 1 aromatic rings. The van der Waals surface area contributed by atoms with E-state index in [1.54, 1.807) is 0 Å². The average molecular weight is 270 g/mol. The van der Waals surface area contributed by atoms with Crippen LogP contribution in [0.3, 0.4) is 0 Å². The Morgan fingerprint density at radius 1 is 1.32 bits per heavy atom. The maximum atomic E-state index is 12.8. The van der Waals surface area contributed by atoms with E-state index in [9.17, 15) is 18.3 Å². The van der Waals surface area contributed by atoms with Gasteiger partial charge in [0, 0.05) is 5.56 Å². The minimum absolute atomic E-state index is 0.253. The van der Waals surface area contributed by atoms with Crippen LogP contribution in [0.2, 0.25) is 0 Å². The fraction of sp³-hybridized carbons (Fsp3) is 0.462. The van der Waals surface area contributed by atoms with E-state index >= 15 is 0 Å². The summed E-state index contributed by atoms with van der Waals surface area (Å²) >= 11 is 0. The van der Waals surface area contributed by atoms with Gasteiger partial charge in [-0.3, -0.25) is 5.32 Å². The van der Waals surface area contributed by atoms with Crippen LogP contribution in [-0.4, -0.2) is 10.6 Å². The average Bonchev–Trinajstić information content (AvgIpc) is 2.32. The molecule has 19 heavy (non-hydrogen) atoms. The molecule has 1 aromatic carbocycles. The predicted octanol–water partition coefficient (Wildman–Crippen LogP) is 2.73. The van der Waals surface area contributed by atoms with E-state index in [2.05, 4.69) is 5.32 Å². The van der Waals surface area contributed by atoms with Gasteiger partial charge in [0.1, 0.15) is 11.8 Å². The molecular formula is C13H13F3N2O. The second-order valence-corrected chi connectivity index (χ2v) is 4.68. The lowest BCUT2D eigenvalue weighted by Crippen LogP contribution is -2.51. The van der Waals surface area contributed by atoms with Crippen molar-refractivity contribution >= 4 is 0 Å². The molecule has 0 aliphatic heterocycles. The molecule has 102 valence electrons. The Morgan fingerprint density at radius 3 is 2.42 bits per heavy atom. The molecule has 1 aliphatic rings. The van der Waals surface area contributed by atoms with E-state index in [4.69, 9.17) is 5.26 Å². The minimum atomic E-state index is -4.53. The smallest absolute Gasteiger partial charge is 0.374 e. The van der Waals surface area contributed by atoms with Gasteiger partial charge in [0.15, 0.2) is 0 Å². The lowest BCUT2D eigenvalue weighted by atomic mass is 9.77. The second-order valence-electron chi connectivity index (χ2n) is 4.68. The molecule has 0 heterocycles. The zero-order valence-corrected chi connectivity index (χ0v) is 10.0. The van der Waals surface area contributed by atoms with Crippen molar-refractivity contribution < 1.29 is 18.3 Å². The van der Waals surface area contributed by atoms with E-state index in [0.717, 1.165) is 12.5 Å². The van der Waals surface area contributed by atoms with Crippen molar-refractivity contribution in [3.63, 3.8) is 0 Å². The molecule has 0 saturated heterocycles. The summed E-state index contributed by atoms with van der Waals surface area (Å²) in [6.07, 6.45) is -4.13. The molecule has 6 heteroatoms. The predicted molar refractivity (Wildman–Crippen MR) is 61.7 cm³/mol. The number of rotatable bonds is 3. The number of nitrogens with zero attached hydrogens (tertiary/aromatic N) is 1. The summed E-state index contributed by atoms with van der Waals surface area (Å²) in [4.78, 5) is 0. The Hall–Kier alpha value is -1.58. The molecule has 0 aromatic heterocycles. The summed E-state index contributed by atoms with van der Waals surface area (Å²) in [5.41, 5.74) is -2.04. The van der Waals surface area contributed by atoms with Crippen LogP contribution < -0.4 is 5.32 Å². The van der Waals surface area contributed by atoms with Crippen LogP contribution in [0.1, 0.15) is 36.6 Å². The fourth-order valence-corrected chi connectivity index (χ4v) is 2.15. The molecular weight excluding hydrogens is 257 g/mol. The highest BCUT2D eigenvalue weighted by molar-refractivity contribution is 5.32. The van der Waals surface area contributed by atoms with E-state index in [1.807, 2.05) is 6.07 Å². The van der Waals surface area contributed by atoms with Crippen LogP contribution in [-0.2, 0) is 6.18 Å². The summed E-state index contributed by atoms with van der Waals surface area (Å²) in [5.74, 6) is 0. The van der Waals surface area contributed by atoms with Gasteiger partial charge in [-0.15, -0.1) is 0 Å². The molecule has 1 aliphatic carbocycles. The highest BCUT2D eigenvalue weighted by atomic mass is 19.4. The Bertz CT molecular complexity index is 503. The van der Waals surface area contributed by atoms with Gasteiger partial charge >= 0.3 is 6.18 Å². The van der Waals surface area contributed by atoms with Crippen molar-refractivity contribution in [2.45, 2.75) is 37.2 Å². The number of alkyl halides is 3. The van der Waals surface area contributed by atoms with E-state index in [0.29, 0.717) is 12.8 Å². The fourth-order valence-electron chi connectivity index (χ4n) is 2.15. The molecule has 1 saturated carbocycles. The van der Waals surface area contributed by atoms with E-state index in [-0.39, 0.29) is 5.56 Å². The Labute approximate surface area is 108 Å². The molecule has 1 fully saturated rings. The first-order valence-corrected chi connectivity index (χ1v) is 5.91. The lowest BCUT2D eigenvalue weighted by Gasteiger charge is -2.38. The van der Waals surface area contributed by atoms with Gasteiger partial charge in [0.05, 0.1) is 11.6 Å². The van der Waals surface area contributed by atoms with Gasteiger partial charge in [-0.2, -0.15) is 18.4 Å². The third-order valence-electron chi connectivity index (χ3n) is 3.39. The molecule has 0 amide bonds. The SMILES string of the molecule is N#CC1(NC(O)c2ccccc2C(F)(F)F)CCC1. The molecule has 0 radical (unpaired) electrons. The van der Waals surface area contributed by atoms with Crippen molar-refractivity contribution in [3.8, 4) is 6.07 Å². The second kappa shape index (κ2) is 4.83. The number of hydrogen-bond acceptors (Lipinski definition) is 3. The third-order valence-corrected chi connectivity index (χ3v) is 3.39. The molecule has 3 nitrogen and oxygen atoms in total. The van der Waals surface area contributed by atoms with Crippen molar-refractivity contribution in [2.24, 2.45) is 0 Å². The normalized spacial score (nSPS) is 19.3. The Balaban J connectivity index is 2.25. The van der Waals surface area contributed by atoms with E-state index in [1.165, 1.54) is 18.2 Å². The first kappa shape index (κ1) is 13.8. The molecule has 0 bridgehead atoms. The molecule has 1 atom stereocenters. The van der Waals surface area contributed by atoms with Gasteiger partial charge < -0.3 is 5.11 Å². The maximum Gasteiger partial charge on any atom is 0.416 e. The number of aliphatic hydroxyl groups is 1. The number of halogens is 3. The largest absolute Gasteiger partial charge is 0.416 e. The topological polar surface area (TPSA) is 56.0 Å². The number of benzene rings is 1. The van der Waals surface area contributed by atoms with Gasteiger partial charge in [-0.05, 0) is 25.3 Å². The zero-order chi connectivity index (χ0) is 14.1. The number of nitriles is 1. The van der Waals surface area contributed by atoms with Gasteiger partial charge in [-0.1, -0.05) is 18.2 Å².